The van der Waals surface area contributed by atoms with Gasteiger partial charge in [0.05, 0.1) is 17.8 Å². The lowest BCUT2D eigenvalue weighted by Crippen LogP contribution is -2.39. The molecule has 2 rings (SSSR count). The molecular weight excluding hydrogens is 270 g/mol. The van der Waals surface area contributed by atoms with E-state index in [9.17, 15) is 5.11 Å². The minimum Gasteiger partial charge on any atom is -0.396 e. The van der Waals surface area contributed by atoms with Crippen LogP contribution in [0.1, 0.15) is 25.7 Å². The maximum absolute atomic E-state index is 9.48. The van der Waals surface area contributed by atoms with Gasteiger partial charge < -0.3 is 16.2 Å². The van der Waals surface area contributed by atoms with Crippen molar-refractivity contribution in [3.8, 4) is 0 Å². The van der Waals surface area contributed by atoms with Crippen LogP contribution in [-0.4, -0.2) is 22.2 Å². The Balaban J connectivity index is 2.19. The van der Waals surface area contributed by atoms with Gasteiger partial charge in [0.1, 0.15) is 5.82 Å². The minimum absolute atomic E-state index is 0.129. The molecule has 1 aromatic heterocycles. The highest BCUT2D eigenvalue weighted by molar-refractivity contribution is 9.10. The van der Waals surface area contributed by atoms with Gasteiger partial charge in [-0.2, -0.15) is 0 Å². The SMILES string of the molecule is Nc1cc(Br)cnc1NC1(CO)CCCC1. The van der Waals surface area contributed by atoms with Crippen LogP contribution in [0.3, 0.4) is 0 Å². The molecule has 5 heteroatoms. The van der Waals surface area contributed by atoms with E-state index in [1.165, 1.54) is 0 Å². The largest absolute Gasteiger partial charge is 0.396 e. The highest BCUT2D eigenvalue weighted by Crippen LogP contribution is 2.34. The van der Waals surface area contributed by atoms with Gasteiger partial charge in [-0.05, 0) is 34.8 Å². The molecule has 1 fully saturated rings. The first kappa shape index (κ1) is 11.7. The summed E-state index contributed by atoms with van der Waals surface area (Å²) in [6.07, 6.45) is 5.94. The van der Waals surface area contributed by atoms with Crippen LogP contribution in [0.5, 0.6) is 0 Å². The lowest BCUT2D eigenvalue weighted by Gasteiger charge is -2.29. The Morgan fingerprint density at radius 2 is 2.19 bits per heavy atom. The predicted octanol–water partition coefficient (Wildman–Crippen LogP) is 2.14. The van der Waals surface area contributed by atoms with E-state index < -0.39 is 0 Å². The lowest BCUT2D eigenvalue weighted by molar-refractivity contribution is 0.214. The number of halogens is 1. The van der Waals surface area contributed by atoms with Gasteiger partial charge >= 0.3 is 0 Å². The van der Waals surface area contributed by atoms with E-state index in [1.807, 2.05) is 6.07 Å². The van der Waals surface area contributed by atoms with Gasteiger partial charge in [-0.1, -0.05) is 12.8 Å². The summed E-state index contributed by atoms with van der Waals surface area (Å²) >= 11 is 3.32. The van der Waals surface area contributed by atoms with Crippen LogP contribution in [0.2, 0.25) is 0 Å². The van der Waals surface area contributed by atoms with E-state index in [4.69, 9.17) is 5.73 Å². The number of nitrogen functional groups attached to an aromatic ring is 1. The van der Waals surface area contributed by atoms with E-state index in [0.717, 1.165) is 30.2 Å². The average molecular weight is 286 g/mol. The third kappa shape index (κ3) is 2.30. The molecule has 1 aliphatic carbocycles. The normalized spacial score (nSPS) is 18.6. The molecule has 4 N–H and O–H groups in total. The van der Waals surface area contributed by atoms with Gasteiger partial charge in [0.2, 0.25) is 0 Å². The first-order valence-corrected chi connectivity index (χ1v) is 6.25. The van der Waals surface area contributed by atoms with E-state index in [2.05, 4.69) is 26.2 Å². The number of aromatic nitrogens is 1. The molecule has 0 unspecified atom stereocenters. The van der Waals surface area contributed by atoms with Crippen molar-refractivity contribution < 1.29 is 5.11 Å². The zero-order chi connectivity index (χ0) is 11.6. The summed E-state index contributed by atoms with van der Waals surface area (Å²) in [5.74, 6) is 0.666. The zero-order valence-electron chi connectivity index (χ0n) is 9.04. The van der Waals surface area contributed by atoms with Crippen LogP contribution >= 0.6 is 15.9 Å². The molecule has 4 nitrogen and oxygen atoms in total. The second-order valence-corrected chi connectivity index (χ2v) is 5.28. The van der Waals surface area contributed by atoms with Crippen molar-refractivity contribution in [3.63, 3.8) is 0 Å². The van der Waals surface area contributed by atoms with Gasteiger partial charge in [-0.25, -0.2) is 4.98 Å². The Kier molecular flexibility index (Phi) is 3.35. The first-order valence-electron chi connectivity index (χ1n) is 5.45. The molecule has 0 saturated heterocycles. The summed E-state index contributed by atoms with van der Waals surface area (Å²) in [7, 11) is 0. The van der Waals surface area contributed by atoms with Crippen molar-refractivity contribution in [1.82, 2.24) is 4.98 Å². The maximum Gasteiger partial charge on any atom is 0.149 e. The second-order valence-electron chi connectivity index (χ2n) is 4.36. The summed E-state index contributed by atoms with van der Waals surface area (Å²) in [5, 5.41) is 12.8. The Bertz CT molecular complexity index is 377. The molecule has 88 valence electrons. The summed E-state index contributed by atoms with van der Waals surface area (Å²) in [6, 6.07) is 1.81. The molecule has 0 aliphatic heterocycles. The van der Waals surface area contributed by atoms with Crippen molar-refractivity contribution in [2.24, 2.45) is 0 Å². The number of aliphatic hydroxyl groups excluding tert-OH is 1. The van der Waals surface area contributed by atoms with Gasteiger partial charge in [0.25, 0.3) is 0 Å². The zero-order valence-corrected chi connectivity index (χ0v) is 10.6. The predicted molar refractivity (Wildman–Crippen MR) is 68.3 cm³/mol. The fourth-order valence-electron chi connectivity index (χ4n) is 2.18. The standard InChI is InChI=1S/C11H16BrN3O/c12-8-5-9(13)10(14-6-8)15-11(7-16)3-1-2-4-11/h5-6,16H,1-4,7,13H2,(H,14,15). The number of rotatable bonds is 3. The Labute approximate surface area is 103 Å². The number of nitrogens with one attached hydrogen (secondary N) is 1. The van der Waals surface area contributed by atoms with Crippen LogP contribution < -0.4 is 11.1 Å². The van der Waals surface area contributed by atoms with E-state index >= 15 is 0 Å². The van der Waals surface area contributed by atoms with Crippen LogP contribution in [0.4, 0.5) is 11.5 Å². The summed E-state index contributed by atoms with van der Waals surface area (Å²) < 4.78 is 0.861. The monoisotopic (exact) mass is 285 g/mol. The molecule has 0 bridgehead atoms. The number of hydrogen-bond acceptors (Lipinski definition) is 4. The van der Waals surface area contributed by atoms with Crippen molar-refractivity contribution in [2.75, 3.05) is 17.7 Å². The topological polar surface area (TPSA) is 71.2 Å². The second kappa shape index (κ2) is 4.59. The quantitative estimate of drug-likeness (QED) is 0.796. The van der Waals surface area contributed by atoms with E-state index in [1.54, 1.807) is 6.20 Å². The van der Waals surface area contributed by atoms with Crippen molar-refractivity contribution >= 4 is 27.4 Å². The van der Waals surface area contributed by atoms with Gasteiger partial charge in [0.15, 0.2) is 0 Å². The Hall–Kier alpha value is -0.810. The molecule has 0 amide bonds. The lowest BCUT2D eigenvalue weighted by atomic mass is 9.99. The summed E-state index contributed by atoms with van der Waals surface area (Å²) in [5.41, 5.74) is 6.25. The summed E-state index contributed by atoms with van der Waals surface area (Å²) in [6.45, 7) is 0.129. The molecule has 0 atom stereocenters. The number of nitrogens with zero attached hydrogens (tertiary/aromatic N) is 1. The highest BCUT2D eigenvalue weighted by atomic mass is 79.9. The molecule has 0 aromatic carbocycles. The number of anilines is 2. The van der Waals surface area contributed by atoms with Crippen molar-refractivity contribution in [3.05, 3.63) is 16.7 Å². The molecule has 0 spiro atoms. The van der Waals surface area contributed by atoms with Crippen LogP contribution in [0, 0.1) is 0 Å². The molecular formula is C11H16BrN3O. The Morgan fingerprint density at radius 1 is 1.50 bits per heavy atom. The van der Waals surface area contributed by atoms with Gasteiger partial charge in [0, 0.05) is 10.7 Å². The van der Waals surface area contributed by atoms with Crippen LogP contribution in [-0.2, 0) is 0 Å². The average Bonchev–Trinajstić information content (AvgIpc) is 2.72. The van der Waals surface area contributed by atoms with E-state index in [-0.39, 0.29) is 12.1 Å². The smallest absolute Gasteiger partial charge is 0.149 e. The molecule has 1 heterocycles. The van der Waals surface area contributed by atoms with Crippen LogP contribution in [0.25, 0.3) is 0 Å². The molecule has 16 heavy (non-hydrogen) atoms. The molecule has 0 radical (unpaired) electrons. The molecule has 1 aliphatic rings. The number of nitrogens with two attached hydrogens (primary N) is 1. The van der Waals surface area contributed by atoms with Crippen molar-refractivity contribution in [2.45, 2.75) is 31.2 Å². The third-order valence-corrected chi connectivity index (χ3v) is 3.56. The van der Waals surface area contributed by atoms with Gasteiger partial charge in [-0.3, -0.25) is 0 Å². The Morgan fingerprint density at radius 3 is 2.75 bits per heavy atom. The number of hydrogen-bond donors (Lipinski definition) is 3. The first-order chi connectivity index (χ1) is 7.65. The fraction of sp³-hybridized carbons (Fsp3) is 0.545. The van der Waals surface area contributed by atoms with Crippen LogP contribution in [0.15, 0.2) is 16.7 Å². The van der Waals surface area contributed by atoms with Crippen molar-refractivity contribution in [1.29, 1.82) is 0 Å². The molecule has 1 aromatic rings. The van der Waals surface area contributed by atoms with Gasteiger partial charge in [-0.15, -0.1) is 0 Å². The van der Waals surface area contributed by atoms with E-state index in [0.29, 0.717) is 11.5 Å². The number of pyridine rings is 1. The summed E-state index contributed by atoms with van der Waals surface area (Å²) in [4.78, 5) is 4.24. The number of aliphatic hydroxyl groups is 1. The highest BCUT2D eigenvalue weighted by Gasteiger charge is 2.33. The third-order valence-electron chi connectivity index (χ3n) is 3.13. The fourth-order valence-corrected chi connectivity index (χ4v) is 2.53. The molecule has 1 saturated carbocycles. The minimum atomic E-state index is -0.227. The maximum atomic E-state index is 9.48.